The molecule has 0 spiro atoms. The van der Waals surface area contributed by atoms with E-state index in [0.29, 0.717) is 6.54 Å². The third-order valence-corrected chi connectivity index (χ3v) is 3.74. The van der Waals surface area contributed by atoms with Crippen LogP contribution >= 0.6 is 0 Å². The van der Waals surface area contributed by atoms with Gasteiger partial charge in [0.25, 0.3) is 0 Å². The highest BCUT2D eigenvalue weighted by molar-refractivity contribution is 5.32. The molecular formula is C18H24N2O. The first kappa shape index (κ1) is 15.7. The molecule has 112 valence electrons. The second kappa shape index (κ2) is 7.34. The van der Waals surface area contributed by atoms with Crippen LogP contribution in [0.4, 0.5) is 0 Å². The zero-order valence-electron chi connectivity index (χ0n) is 13.1. The summed E-state index contributed by atoms with van der Waals surface area (Å²) in [6.45, 7) is 5.65. The maximum absolute atomic E-state index is 10.4. The predicted molar refractivity (Wildman–Crippen MR) is 86.3 cm³/mol. The van der Waals surface area contributed by atoms with E-state index in [-0.39, 0.29) is 0 Å². The molecule has 0 aliphatic rings. The summed E-state index contributed by atoms with van der Waals surface area (Å²) >= 11 is 0. The predicted octanol–water partition coefficient (Wildman–Crippen LogP) is 2.91. The normalized spacial score (nSPS) is 12.6. The van der Waals surface area contributed by atoms with E-state index in [1.54, 1.807) is 0 Å². The number of benzene rings is 1. The minimum absolute atomic E-state index is 0.445. The lowest BCUT2D eigenvalue weighted by atomic mass is 10.0. The molecule has 0 bridgehead atoms. The number of aliphatic hydroxyl groups excluding tert-OH is 1. The topological polar surface area (TPSA) is 36.4 Å². The van der Waals surface area contributed by atoms with Crippen LogP contribution in [0.25, 0.3) is 0 Å². The number of pyridine rings is 1. The van der Waals surface area contributed by atoms with Crippen LogP contribution in [-0.4, -0.2) is 35.1 Å². The molecule has 3 nitrogen and oxygen atoms in total. The lowest BCUT2D eigenvalue weighted by molar-refractivity contribution is 0.127. The summed E-state index contributed by atoms with van der Waals surface area (Å²) in [5.41, 5.74) is 4.49. The molecule has 0 amide bonds. The van der Waals surface area contributed by atoms with Crippen molar-refractivity contribution in [1.82, 2.24) is 9.88 Å². The van der Waals surface area contributed by atoms with E-state index in [1.807, 2.05) is 37.5 Å². The Balaban J connectivity index is 1.88. The average Bonchev–Trinajstić information content (AvgIpc) is 2.46. The van der Waals surface area contributed by atoms with Gasteiger partial charge in [-0.05, 0) is 44.2 Å². The smallest absolute Gasteiger partial charge is 0.0919 e. The fraction of sp³-hybridized carbons (Fsp3) is 0.389. The van der Waals surface area contributed by atoms with Crippen LogP contribution in [0.5, 0.6) is 0 Å². The molecule has 0 fully saturated rings. The second-order valence-corrected chi connectivity index (χ2v) is 5.71. The summed E-state index contributed by atoms with van der Waals surface area (Å²) in [7, 11) is 2.04. The van der Waals surface area contributed by atoms with Crippen molar-refractivity contribution >= 4 is 0 Å². The fourth-order valence-electron chi connectivity index (χ4n) is 2.54. The monoisotopic (exact) mass is 284 g/mol. The van der Waals surface area contributed by atoms with Gasteiger partial charge in [-0.15, -0.1) is 0 Å². The maximum atomic E-state index is 10.4. The number of aliphatic hydroxyl groups is 1. The lowest BCUT2D eigenvalue weighted by Crippen LogP contribution is -2.27. The Bertz CT molecular complexity index is 569. The molecule has 1 aromatic heterocycles. The van der Waals surface area contributed by atoms with Gasteiger partial charge in [0.1, 0.15) is 0 Å². The van der Waals surface area contributed by atoms with Crippen molar-refractivity contribution in [2.24, 2.45) is 0 Å². The van der Waals surface area contributed by atoms with E-state index >= 15 is 0 Å². The van der Waals surface area contributed by atoms with Crippen LogP contribution in [0.3, 0.4) is 0 Å². The highest BCUT2D eigenvalue weighted by Crippen LogP contribution is 2.19. The Labute approximate surface area is 127 Å². The Hall–Kier alpha value is -1.71. The molecule has 0 aliphatic heterocycles. The molecule has 1 aromatic carbocycles. The second-order valence-electron chi connectivity index (χ2n) is 5.71. The first-order chi connectivity index (χ1) is 10.1. The van der Waals surface area contributed by atoms with Crippen molar-refractivity contribution in [2.45, 2.75) is 26.4 Å². The van der Waals surface area contributed by atoms with Gasteiger partial charge in [-0.25, -0.2) is 0 Å². The van der Waals surface area contributed by atoms with Crippen LogP contribution in [-0.2, 0) is 6.42 Å². The molecule has 1 unspecified atom stereocenters. The number of aromatic nitrogens is 1. The molecule has 0 radical (unpaired) electrons. The van der Waals surface area contributed by atoms with Crippen molar-refractivity contribution in [1.29, 1.82) is 0 Å². The number of likely N-dealkylation sites (N-methyl/N-ethyl adjacent to an activating group) is 1. The third-order valence-electron chi connectivity index (χ3n) is 3.74. The van der Waals surface area contributed by atoms with E-state index in [2.05, 4.69) is 35.9 Å². The van der Waals surface area contributed by atoms with Gasteiger partial charge in [0.2, 0.25) is 0 Å². The first-order valence-corrected chi connectivity index (χ1v) is 7.40. The van der Waals surface area contributed by atoms with Gasteiger partial charge in [-0.1, -0.05) is 29.8 Å². The summed E-state index contributed by atoms with van der Waals surface area (Å²) in [5.74, 6) is 0. The third kappa shape index (κ3) is 4.66. The van der Waals surface area contributed by atoms with Crippen molar-refractivity contribution in [3.05, 3.63) is 65.0 Å². The van der Waals surface area contributed by atoms with E-state index in [1.165, 1.54) is 5.56 Å². The van der Waals surface area contributed by atoms with Crippen molar-refractivity contribution in [3.63, 3.8) is 0 Å². The quantitative estimate of drug-likeness (QED) is 0.886. The molecule has 21 heavy (non-hydrogen) atoms. The van der Waals surface area contributed by atoms with Gasteiger partial charge in [0.05, 0.1) is 6.10 Å². The standard InChI is InChI=1S/C18H24N2O/c1-14-7-8-17(15(2)12-14)18(21)13-20(3)11-9-16-6-4-5-10-19-16/h4-8,10,12,18,21H,9,11,13H2,1-3H3. The van der Waals surface area contributed by atoms with Crippen LogP contribution in [0.1, 0.15) is 28.5 Å². The number of rotatable bonds is 6. The first-order valence-electron chi connectivity index (χ1n) is 7.40. The average molecular weight is 284 g/mol. The zero-order chi connectivity index (χ0) is 15.2. The highest BCUT2D eigenvalue weighted by Gasteiger charge is 2.13. The Kier molecular flexibility index (Phi) is 5.48. The Morgan fingerprint density at radius 2 is 2.00 bits per heavy atom. The number of aryl methyl sites for hydroxylation is 2. The molecule has 1 heterocycles. The summed E-state index contributed by atoms with van der Waals surface area (Å²) in [6.07, 6.45) is 2.27. The lowest BCUT2D eigenvalue weighted by Gasteiger charge is -2.22. The van der Waals surface area contributed by atoms with E-state index in [9.17, 15) is 5.11 Å². The molecule has 1 N–H and O–H groups in total. The molecule has 3 heteroatoms. The summed E-state index contributed by atoms with van der Waals surface area (Å²) < 4.78 is 0. The highest BCUT2D eigenvalue weighted by atomic mass is 16.3. The summed E-state index contributed by atoms with van der Waals surface area (Å²) in [5, 5.41) is 10.4. The molecule has 0 saturated carbocycles. The number of hydrogen-bond donors (Lipinski definition) is 1. The van der Waals surface area contributed by atoms with E-state index in [4.69, 9.17) is 0 Å². The fourth-order valence-corrected chi connectivity index (χ4v) is 2.54. The maximum Gasteiger partial charge on any atom is 0.0919 e. The SMILES string of the molecule is Cc1ccc(C(O)CN(C)CCc2ccccn2)c(C)c1. The molecule has 2 aromatic rings. The summed E-state index contributed by atoms with van der Waals surface area (Å²) in [6, 6.07) is 12.2. The Morgan fingerprint density at radius 1 is 1.19 bits per heavy atom. The van der Waals surface area contributed by atoms with E-state index < -0.39 is 6.10 Å². The van der Waals surface area contributed by atoms with E-state index in [0.717, 1.165) is 29.8 Å². The largest absolute Gasteiger partial charge is 0.387 e. The van der Waals surface area contributed by atoms with Crippen LogP contribution < -0.4 is 0 Å². The number of nitrogens with zero attached hydrogens (tertiary/aromatic N) is 2. The van der Waals surface area contributed by atoms with Crippen LogP contribution in [0.15, 0.2) is 42.6 Å². The number of hydrogen-bond acceptors (Lipinski definition) is 3. The Morgan fingerprint density at radius 3 is 2.67 bits per heavy atom. The summed E-state index contributed by atoms with van der Waals surface area (Å²) in [4.78, 5) is 6.47. The minimum Gasteiger partial charge on any atom is -0.387 e. The molecular weight excluding hydrogens is 260 g/mol. The van der Waals surface area contributed by atoms with Gasteiger partial charge in [0.15, 0.2) is 0 Å². The zero-order valence-corrected chi connectivity index (χ0v) is 13.1. The van der Waals surface area contributed by atoms with Gasteiger partial charge in [0, 0.05) is 31.4 Å². The van der Waals surface area contributed by atoms with Gasteiger partial charge < -0.3 is 10.0 Å². The van der Waals surface area contributed by atoms with Crippen LogP contribution in [0, 0.1) is 13.8 Å². The van der Waals surface area contributed by atoms with Gasteiger partial charge in [-0.2, -0.15) is 0 Å². The minimum atomic E-state index is -0.445. The van der Waals surface area contributed by atoms with Gasteiger partial charge in [-0.3, -0.25) is 4.98 Å². The van der Waals surface area contributed by atoms with Crippen molar-refractivity contribution in [3.8, 4) is 0 Å². The van der Waals surface area contributed by atoms with Gasteiger partial charge >= 0.3 is 0 Å². The molecule has 0 aliphatic carbocycles. The molecule has 2 rings (SSSR count). The molecule has 0 saturated heterocycles. The molecule has 1 atom stereocenters. The van der Waals surface area contributed by atoms with Crippen LogP contribution in [0.2, 0.25) is 0 Å². The van der Waals surface area contributed by atoms with Crippen molar-refractivity contribution < 1.29 is 5.11 Å². The van der Waals surface area contributed by atoms with Crippen molar-refractivity contribution in [2.75, 3.05) is 20.1 Å².